The fourth-order valence-electron chi connectivity index (χ4n) is 0.448. The molecule has 0 N–H and O–H groups in total. The van der Waals surface area contributed by atoms with Crippen LogP contribution in [0.2, 0.25) is 0 Å². The zero-order valence-electron chi connectivity index (χ0n) is 6.74. The summed E-state index contributed by atoms with van der Waals surface area (Å²) in [5.41, 5.74) is 0. The predicted octanol–water partition coefficient (Wildman–Crippen LogP) is 1.27. The molecule has 0 bridgehead atoms. The zero-order valence-corrected chi connectivity index (χ0v) is 6.74. The van der Waals surface area contributed by atoms with Crippen LogP contribution in [0.3, 0.4) is 0 Å². The second kappa shape index (κ2) is 6.86. The smallest absolute Gasteiger partial charge is 0.330 e. The predicted molar refractivity (Wildman–Crippen MR) is 41.9 cm³/mol. The van der Waals surface area contributed by atoms with Gasteiger partial charge in [-0.05, 0) is 13.0 Å². The largest absolute Gasteiger partial charge is 0.504 e. The van der Waals surface area contributed by atoms with Gasteiger partial charge in [0.05, 0.1) is 20.0 Å². The van der Waals surface area contributed by atoms with Gasteiger partial charge >= 0.3 is 5.97 Å². The highest BCUT2D eigenvalue weighted by molar-refractivity contribution is 5.82. The summed E-state index contributed by atoms with van der Waals surface area (Å²) in [5, 5.41) is 0. The highest BCUT2D eigenvalue weighted by Crippen LogP contribution is 1.82. The average Bonchev–Trinajstić information content (AvgIpc) is 1.99. The van der Waals surface area contributed by atoms with Crippen molar-refractivity contribution in [1.29, 1.82) is 0 Å². The van der Waals surface area contributed by atoms with Crippen LogP contribution in [0.5, 0.6) is 0 Å². The van der Waals surface area contributed by atoms with Crippen molar-refractivity contribution in [2.24, 2.45) is 0 Å². The van der Waals surface area contributed by atoms with Crippen molar-refractivity contribution in [3.8, 4) is 0 Å². The van der Waals surface area contributed by atoms with Gasteiger partial charge in [0, 0.05) is 6.08 Å². The minimum absolute atomic E-state index is 0.340. The van der Waals surface area contributed by atoms with Crippen LogP contribution in [0, 0.1) is 0 Å². The van der Waals surface area contributed by atoms with E-state index in [1.165, 1.54) is 19.4 Å². The van der Waals surface area contributed by atoms with Crippen LogP contribution >= 0.6 is 0 Å². The Labute approximate surface area is 66.3 Å². The number of carbonyl (C=O) groups is 1. The zero-order chi connectivity index (χ0) is 8.53. The molecule has 0 saturated carbocycles. The molecule has 0 radical (unpaired) electrons. The number of hydrogen-bond donors (Lipinski definition) is 0. The third kappa shape index (κ3) is 6.64. The lowest BCUT2D eigenvalue weighted by molar-refractivity contribution is -0.137. The van der Waals surface area contributed by atoms with Crippen LogP contribution in [0.4, 0.5) is 0 Å². The third-order valence-corrected chi connectivity index (χ3v) is 0.845. The number of rotatable bonds is 4. The molecule has 0 fully saturated rings. The average molecular weight is 156 g/mol. The molecule has 0 amide bonds. The third-order valence-electron chi connectivity index (χ3n) is 0.845. The molecule has 0 heterocycles. The Morgan fingerprint density at radius 1 is 1.45 bits per heavy atom. The summed E-state index contributed by atoms with van der Waals surface area (Å²) < 4.78 is 9.22. The first-order chi connectivity index (χ1) is 5.31. The van der Waals surface area contributed by atoms with Gasteiger partial charge in [-0.15, -0.1) is 0 Å². The SMILES string of the molecule is CCOC(=O)/C=C/C=C/OC. The summed E-state index contributed by atoms with van der Waals surface area (Å²) >= 11 is 0. The highest BCUT2D eigenvalue weighted by atomic mass is 16.5. The van der Waals surface area contributed by atoms with Crippen LogP contribution < -0.4 is 0 Å². The second-order valence-electron chi connectivity index (χ2n) is 1.68. The van der Waals surface area contributed by atoms with Gasteiger partial charge in [-0.25, -0.2) is 4.79 Å². The molecule has 0 aliphatic carbocycles. The van der Waals surface area contributed by atoms with Crippen molar-refractivity contribution in [2.75, 3.05) is 13.7 Å². The van der Waals surface area contributed by atoms with Gasteiger partial charge in [-0.1, -0.05) is 6.08 Å². The first kappa shape index (κ1) is 9.75. The van der Waals surface area contributed by atoms with Crippen molar-refractivity contribution in [3.63, 3.8) is 0 Å². The molecule has 3 heteroatoms. The first-order valence-corrected chi connectivity index (χ1v) is 3.34. The minimum Gasteiger partial charge on any atom is -0.504 e. The van der Waals surface area contributed by atoms with E-state index in [0.29, 0.717) is 6.61 Å². The van der Waals surface area contributed by atoms with Crippen LogP contribution in [0.25, 0.3) is 0 Å². The number of allylic oxidation sites excluding steroid dienone is 2. The summed E-state index contributed by atoms with van der Waals surface area (Å²) in [4.78, 5) is 10.6. The van der Waals surface area contributed by atoms with Gasteiger partial charge in [0.2, 0.25) is 0 Å². The van der Waals surface area contributed by atoms with E-state index >= 15 is 0 Å². The maximum atomic E-state index is 10.6. The van der Waals surface area contributed by atoms with Crippen molar-refractivity contribution < 1.29 is 14.3 Å². The normalized spacial score (nSPS) is 10.7. The monoisotopic (exact) mass is 156 g/mol. The van der Waals surface area contributed by atoms with Crippen LogP contribution in [-0.4, -0.2) is 19.7 Å². The molecule has 3 nitrogen and oxygen atoms in total. The van der Waals surface area contributed by atoms with Crippen LogP contribution in [0.1, 0.15) is 6.92 Å². The standard InChI is InChI=1S/C8H12O3/c1-3-11-8(9)6-4-5-7-10-2/h4-7H,3H2,1-2H3/b6-4+,7-5+. The molecule has 0 saturated heterocycles. The topological polar surface area (TPSA) is 35.5 Å². The van der Waals surface area contributed by atoms with Crippen molar-refractivity contribution in [1.82, 2.24) is 0 Å². The molecule has 0 aromatic carbocycles. The molecular formula is C8H12O3. The van der Waals surface area contributed by atoms with E-state index in [1.807, 2.05) is 0 Å². The quantitative estimate of drug-likeness (QED) is 0.266. The maximum Gasteiger partial charge on any atom is 0.330 e. The van der Waals surface area contributed by atoms with Gasteiger partial charge in [0.1, 0.15) is 0 Å². The van der Waals surface area contributed by atoms with Crippen molar-refractivity contribution >= 4 is 5.97 Å². The van der Waals surface area contributed by atoms with E-state index in [1.54, 1.807) is 19.1 Å². The van der Waals surface area contributed by atoms with Gasteiger partial charge < -0.3 is 9.47 Å². The van der Waals surface area contributed by atoms with Crippen LogP contribution in [0.15, 0.2) is 24.5 Å². The lowest BCUT2D eigenvalue weighted by Crippen LogP contribution is -1.98. The number of carbonyl (C=O) groups excluding carboxylic acids is 1. The minimum atomic E-state index is -0.340. The Kier molecular flexibility index (Phi) is 6.08. The summed E-state index contributed by atoms with van der Waals surface area (Å²) in [6, 6.07) is 0. The van der Waals surface area contributed by atoms with E-state index in [-0.39, 0.29) is 5.97 Å². The Hall–Kier alpha value is -1.25. The van der Waals surface area contributed by atoms with E-state index in [2.05, 4.69) is 9.47 Å². The number of hydrogen-bond acceptors (Lipinski definition) is 3. The molecule has 0 aliphatic rings. The number of esters is 1. The lowest BCUT2D eigenvalue weighted by atomic mass is 10.5. The maximum absolute atomic E-state index is 10.6. The van der Waals surface area contributed by atoms with E-state index < -0.39 is 0 Å². The van der Waals surface area contributed by atoms with Gasteiger partial charge in [-0.2, -0.15) is 0 Å². The van der Waals surface area contributed by atoms with Crippen LogP contribution in [-0.2, 0) is 14.3 Å². The lowest BCUT2D eigenvalue weighted by Gasteiger charge is -1.92. The molecule has 62 valence electrons. The number of ether oxygens (including phenoxy) is 2. The van der Waals surface area contributed by atoms with E-state index in [0.717, 1.165) is 0 Å². The van der Waals surface area contributed by atoms with Crippen molar-refractivity contribution in [3.05, 3.63) is 24.5 Å². The Morgan fingerprint density at radius 2 is 2.18 bits per heavy atom. The molecule has 0 unspecified atom stereocenters. The number of methoxy groups -OCH3 is 1. The van der Waals surface area contributed by atoms with Gasteiger partial charge in [-0.3, -0.25) is 0 Å². The van der Waals surface area contributed by atoms with E-state index in [9.17, 15) is 4.79 Å². The van der Waals surface area contributed by atoms with Gasteiger partial charge in [0.15, 0.2) is 0 Å². The first-order valence-electron chi connectivity index (χ1n) is 3.34. The molecule has 0 atom stereocenters. The summed E-state index contributed by atoms with van der Waals surface area (Å²) in [7, 11) is 1.54. The molecule has 0 aromatic heterocycles. The molecule has 0 rings (SSSR count). The fraction of sp³-hybridized carbons (Fsp3) is 0.375. The molecular weight excluding hydrogens is 144 g/mol. The molecule has 0 spiro atoms. The molecule has 11 heavy (non-hydrogen) atoms. The Balaban J connectivity index is 3.56. The summed E-state index contributed by atoms with van der Waals surface area (Å²) in [6.45, 7) is 2.16. The highest BCUT2D eigenvalue weighted by Gasteiger charge is 1.89. The van der Waals surface area contributed by atoms with Gasteiger partial charge in [0.25, 0.3) is 0 Å². The Bertz CT molecular complexity index is 159. The van der Waals surface area contributed by atoms with Crippen molar-refractivity contribution in [2.45, 2.75) is 6.92 Å². The van der Waals surface area contributed by atoms with E-state index in [4.69, 9.17) is 0 Å². The molecule has 0 aromatic rings. The summed E-state index contributed by atoms with van der Waals surface area (Å²) in [6.07, 6.45) is 5.97. The second-order valence-corrected chi connectivity index (χ2v) is 1.68. The molecule has 0 aliphatic heterocycles. The summed E-state index contributed by atoms with van der Waals surface area (Å²) in [5.74, 6) is -0.340. The Morgan fingerprint density at radius 3 is 2.73 bits per heavy atom. The fourth-order valence-corrected chi connectivity index (χ4v) is 0.448.